The molecule has 1 N–H and O–H groups in total. The van der Waals surface area contributed by atoms with Crippen LogP contribution in [0.15, 0.2) is 24.8 Å². The maximum atomic E-state index is 11.9. The molecule has 0 aromatic carbocycles. The van der Waals surface area contributed by atoms with E-state index in [1.807, 2.05) is 6.08 Å². The largest absolute Gasteiger partial charge is 0.481 e. The first-order chi connectivity index (χ1) is 20.1. The second-order valence-corrected chi connectivity index (χ2v) is 12.2. The molecule has 0 bridgehead atoms. The average Bonchev–Trinajstić information content (AvgIpc) is 2.96. The molecule has 0 aromatic rings. The maximum Gasteiger partial charge on any atom is 0.313 e. The van der Waals surface area contributed by atoms with Crippen LogP contribution < -0.4 is 0 Å². The molecule has 0 aliphatic heterocycles. The molecule has 0 radical (unpaired) electrons. The molecular weight excluding hydrogens is 508 g/mol. The van der Waals surface area contributed by atoms with Crippen LogP contribution in [0.4, 0.5) is 0 Å². The van der Waals surface area contributed by atoms with E-state index >= 15 is 0 Å². The van der Waals surface area contributed by atoms with Gasteiger partial charge in [-0.05, 0) is 12.8 Å². The minimum absolute atomic E-state index is 0.113. The molecule has 0 saturated carbocycles. The number of esters is 1. The van der Waals surface area contributed by atoms with Crippen LogP contribution in [-0.4, -0.2) is 23.7 Å². The SMILES string of the molecule is C=CCOC(=O)C(/C=C/CCCCCCCCCCCCCCCCCCCCCCCCCCCC)CC(=O)O. The Bertz CT molecular complexity index is 612. The minimum Gasteiger partial charge on any atom is -0.481 e. The number of carbonyl (C=O) groups excluding carboxylic acids is 1. The second kappa shape index (κ2) is 32.9. The summed E-state index contributed by atoms with van der Waals surface area (Å²) < 4.78 is 5.00. The highest BCUT2D eigenvalue weighted by atomic mass is 16.5. The van der Waals surface area contributed by atoms with Crippen LogP contribution in [-0.2, 0) is 14.3 Å². The number of hydrogen-bond acceptors (Lipinski definition) is 3. The van der Waals surface area contributed by atoms with Crippen LogP contribution in [0.2, 0.25) is 0 Å². The number of ether oxygens (including phenoxy) is 1. The van der Waals surface area contributed by atoms with Gasteiger partial charge < -0.3 is 9.84 Å². The number of carbonyl (C=O) groups is 2. The lowest BCUT2D eigenvalue weighted by molar-refractivity contribution is -0.150. The van der Waals surface area contributed by atoms with E-state index in [1.165, 1.54) is 167 Å². The van der Waals surface area contributed by atoms with E-state index in [9.17, 15) is 9.59 Å². The van der Waals surface area contributed by atoms with Crippen molar-refractivity contribution in [3.8, 4) is 0 Å². The van der Waals surface area contributed by atoms with Gasteiger partial charge in [-0.3, -0.25) is 9.59 Å². The number of allylic oxidation sites excluding steroid dienone is 1. The monoisotopic (exact) mass is 577 g/mol. The van der Waals surface area contributed by atoms with E-state index in [1.54, 1.807) is 6.08 Å². The molecule has 0 rings (SSSR count). The second-order valence-electron chi connectivity index (χ2n) is 12.2. The molecular formula is C37H68O4. The lowest BCUT2D eigenvalue weighted by atomic mass is 10.0. The summed E-state index contributed by atoms with van der Waals surface area (Å²) in [5, 5.41) is 9.00. The van der Waals surface area contributed by atoms with Crippen molar-refractivity contribution in [1.82, 2.24) is 0 Å². The van der Waals surface area contributed by atoms with E-state index < -0.39 is 17.9 Å². The van der Waals surface area contributed by atoms with Gasteiger partial charge in [-0.15, -0.1) is 0 Å². The number of hydrogen-bond donors (Lipinski definition) is 1. The molecule has 1 atom stereocenters. The molecule has 41 heavy (non-hydrogen) atoms. The molecule has 4 nitrogen and oxygen atoms in total. The van der Waals surface area contributed by atoms with Gasteiger partial charge in [-0.25, -0.2) is 0 Å². The zero-order valence-corrected chi connectivity index (χ0v) is 27.2. The lowest BCUT2D eigenvalue weighted by Gasteiger charge is -2.09. The van der Waals surface area contributed by atoms with E-state index in [-0.39, 0.29) is 13.0 Å². The predicted octanol–water partition coefficient (Wildman–Crippen LogP) is 11.9. The summed E-state index contributed by atoms with van der Waals surface area (Å²) in [6, 6.07) is 0. The van der Waals surface area contributed by atoms with Crippen molar-refractivity contribution in [1.29, 1.82) is 0 Å². The van der Waals surface area contributed by atoms with Gasteiger partial charge in [-0.1, -0.05) is 192 Å². The average molecular weight is 577 g/mol. The highest BCUT2D eigenvalue weighted by molar-refractivity contribution is 5.80. The van der Waals surface area contributed by atoms with Crippen LogP contribution in [0.25, 0.3) is 0 Å². The minimum atomic E-state index is -0.990. The highest BCUT2D eigenvalue weighted by Crippen LogP contribution is 2.16. The van der Waals surface area contributed by atoms with E-state index in [0.29, 0.717) is 0 Å². The van der Waals surface area contributed by atoms with Crippen LogP contribution in [0.5, 0.6) is 0 Å². The third kappa shape index (κ3) is 31.2. The molecule has 1 unspecified atom stereocenters. The van der Waals surface area contributed by atoms with Gasteiger partial charge >= 0.3 is 11.9 Å². The molecule has 4 heteroatoms. The van der Waals surface area contributed by atoms with E-state index in [2.05, 4.69) is 13.5 Å². The zero-order valence-electron chi connectivity index (χ0n) is 27.2. The van der Waals surface area contributed by atoms with Crippen LogP contribution in [0, 0.1) is 5.92 Å². The first-order valence-electron chi connectivity index (χ1n) is 17.8. The molecule has 0 saturated heterocycles. The third-order valence-electron chi connectivity index (χ3n) is 8.13. The molecule has 0 aliphatic carbocycles. The molecule has 0 heterocycles. The smallest absolute Gasteiger partial charge is 0.313 e. The Kier molecular flexibility index (Phi) is 31.7. The molecule has 0 aromatic heterocycles. The van der Waals surface area contributed by atoms with Crippen molar-refractivity contribution in [2.75, 3.05) is 6.61 Å². The van der Waals surface area contributed by atoms with Gasteiger partial charge in [0.2, 0.25) is 0 Å². The lowest BCUT2D eigenvalue weighted by Crippen LogP contribution is -2.19. The first kappa shape index (κ1) is 39.4. The van der Waals surface area contributed by atoms with Crippen molar-refractivity contribution in [3.63, 3.8) is 0 Å². The van der Waals surface area contributed by atoms with Gasteiger partial charge in [0.1, 0.15) is 6.61 Å². The van der Waals surface area contributed by atoms with Crippen molar-refractivity contribution >= 4 is 11.9 Å². The van der Waals surface area contributed by atoms with Gasteiger partial charge in [0, 0.05) is 0 Å². The standard InChI is InChI=1S/C37H68O4/c1-3-5-6-7-8-9-10-11-12-13-14-15-16-17-18-19-20-21-22-23-24-25-26-27-28-29-30-31-32-35(34-36(38)39)37(40)41-33-4-2/h4,31-32,35H,2-3,5-30,33-34H2,1H3,(H,38,39)/b32-31+. The van der Waals surface area contributed by atoms with Crippen LogP contribution >= 0.6 is 0 Å². The Morgan fingerprint density at radius 3 is 1.27 bits per heavy atom. The van der Waals surface area contributed by atoms with Gasteiger partial charge in [0.15, 0.2) is 0 Å². The fourth-order valence-electron chi connectivity index (χ4n) is 5.50. The number of aliphatic carboxylic acids is 1. The molecule has 0 amide bonds. The maximum absolute atomic E-state index is 11.9. The van der Waals surface area contributed by atoms with Crippen molar-refractivity contribution in [2.24, 2.45) is 5.92 Å². The fourth-order valence-corrected chi connectivity index (χ4v) is 5.50. The number of unbranched alkanes of at least 4 members (excludes halogenated alkanes) is 26. The van der Waals surface area contributed by atoms with Gasteiger partial charge in [0.05, 0.1) is 12.3 Å². The molecule has 0 spiro atoms. The Morgan fingerprint density at radius 1 is 0.610 bits per heavy atom. The van der Waals surface area contributed by atoms with Crippen LogP contribution in [0.3, 0.4) is 0 Å². The Hall–Kier alpha value is -1.58. The van der Waals surface area contributed by atoms with Crippen LogP contribution in [0.1, 0.15) is 187 Å². The topological polar surface area (TPSA) is 63.6 Å². The van der Waals surface area contributed by atoms with Crippen molar-refractivity contribution < 1.29 is 19.4 Å². The molecule has 0 fully saturated rings. The summed E-state index contributed by atoms with van der Waals surface area (Å²) >= 11 is 0. The highest BCUT2D eigenvalue weighted by Gasteiger charge is 2.19. The third-order valence-corrected chi connectivity index (χ3v) is 8.13. The summed E-state index contributed by atoms with van der Waals surface area (Å²) in [6.45, 7) is 5.92. The Morgan fingerprint density at radius 2 is 0.951 bits per heavy atom. The summed E-state index contributed by atoms with van der Waals surface area (Å²) in [4.78, 5) is 22.9. The fraction of sp³-hybridized carbons (Fsp3) is 0.838. The summed E-state index contributed by atoms with van der Waals surface area (Å²) in [7, 11) is 0. The first-order valence-corrected chi connectivity index (χ1v) is 17.8. The normalized spacial score (nSPS) is 12.1. The molecule has 0 aliphatic rings. The predicted molar refractivity (Wildman–Crippen MR) is 176 cm³/mol. The summed E-state index contributed by atoms with van der Waals surface area (Å²) in [5.41, 5.74) is 0. The van der Waals surface area contributed by atoms with Crippen molar-refractivity contribution in [2.45, 2.75) is 187 Å². The quantitative estimate of drug-likeness (QED) is 0.0479. The Labute approximate surface area is 255 Å². The summed E-state index contributed by atoms with van der Waals surface area (Å²) in [6.07, 6.45) is 42.0. The number of carboxylic acid groups (broad SMARTS) is 1. The molecule has 240 valence electrons. The summed E-state index contributed by atoms with van der Waals surface area (Å²) in [5.74, 6) is -2.19. The van der Waals surface area contributed by atoms with E-state index in [4.69, 9.17) is 9.84 Å². The zero-order chi connectivity index (χ0) is 30.1. The van der Waals surface area contributed by atoms with Gasteiger partial charge in [-0.2, -0.15) is 0 Å². The van der Waals surface area contributed by atoms with Gasteiger partial charge in [0.25, 0.3) is 0 Å². The van der Waals surface area contributed by atoms with E-state index in [0.717, 1.165) is 12.8 Å². The van der Waals surface area contributed by atoms with Crippen molar-refractivity contribution in [3.05, 3.63) is 24.8 Å². The number of rotatable bonds is 33. The number of carboxylic acids is 1. The Balaban J connectivity index is 3.33.